The van der Waals surface area contributed by atoms with Crippen LogP contribution in [0.2, 0.25) is 0 Å². The Morgan fingerprint density at radius 3 is 2.27 bits per heavy atom. The summed E-state index contributed by atoms with van der Waals surface area (Å²) in [6.07, 6.45) is -3.15. The maximum absolute atomic E-state index is 13.3. The molecule has 0 aliphatic rings. The largest absolute Gasteiger partial charge is 0.434 e. The Hall–Kier alpha value is -3.97. The molecule has 0 bridgehead atoms. The van der Waals surface area contributed by atoms with Crippen molar-refractivity contribution in [2.24, 2.45) is 0 Å². The molecule has 0 aliphatic heterocycles. The Balaban J connectivity index is 1.55. The SMILES string of the molecule is Fc1ccc(C(Cn2cnc(C(F)(F)F)c2)Nc2ncc(-c3nnc(C(F)F)o3)cn2)cc1. The molecule has 4 rings (SSSR count). The van der Waals surface area contributed by atoms with Gasteiger partial charge in [-0.05, 0) is 17.7 Å². The first-order valence-corrected chi connectivity index (χ1v) is 9.24. The average Bonchev–Trinajstić information content (AvgIpc) is 3.44. The quantitative estimate of drug-likeness (QED) is 0.393. The average molecular weight is 469 g/mol. The van der Waals surface area contributed by atoms with Gasteiger partial charge in [0.15, 0.2) is 5.69 Å². The Morgan fingerprint density at radius 1 is 1.00 bits per heavy atom. The molecule has 0 amide bonds. The third-order valence-corrected chi connectivity index (χ3v) is 4.42. The molecule has 0 saturated heterocycles. The number of hydrogen-bond donors (Lipinski definition) is 1. The lowest BCUT2D eigenvalue weighted by molar-refractivity contribution is -0.141. The standard InChI is InChI=1S/C19H13F6N7O/c20-12-3-1-10(2-4-12)13(7-32-8-14(28-9-32)19(23,24)25)29-18-26-5-11(6-27-18)16-30-31-17(33-16)15(21)22/h1-6,8-9,13,15H,7H2,(H,26,27,29). The van der Waals surface area contributed by atoms with Crippen molar-refractivity contribution in [1.82, 2.24) is 29.7 Å². The highest BCUT2D eigenvalue weighted by Crippen LogP contribution is 2.28. The number of nitrogens with one attached hydrogen (secondary N) is 1. The van der Waals surface area contributed by atoms with Crippen molar-refractivity contribution in [2.75, 3.05) is 5.32 Å². The molecule has 1 unspecified atom stereocenters. The van der Waals surface area contributed by atoms with Gasteiger partial charge in [-0.25, -0.2) is 19.3 Å². The van der Waals surface area contributed by atoms with Crippen LogP contribution in [0.25, 0.3) is 11.5 Å². The second-order valence-corrected chi connectivity index (χ2v) is 6.74. The predicted molar refractivity (Wildman–Crippen MR) is 100 cm³/mol. The highest BCUT2D eigenvalue weighted by Gasteiger charge is 2.33. The molecule has 33 heavy (non-hydrogen) atoms. The van der Waals surface area contributed by atoms with E-state index in [0.717, 1.165) is 12.5 Å². The zero-order chi connectivity index (χ0) is 23.6. The van der Waals surface area contributed by atoms with E-state index in [4.69, 9.17) is 4.42 Å². The van der Waals surface area contributed by atoms with E-state index in [2.05, 4.69) is 30.5 Å². The maximum Gasteiger partial charge on any atom is 0.434 e. The molecular formula is C19H13F6N7O. The maximum atomic E-state index is 13.3. The topological polar surface area (TPSA) is 94.6 Å². The zero-order valence-corrected chi connectivity index (χ0v) is 16.3. The summed E-state index contributed by atoms with van der Waals surface area (Å²) >= 11 is 0. The van der Waals surface area contributed by atoms with E-state index in [9.17, 15) is 26.3 Å². The molecule has 0 saturated carbocycles. The summed E-state index contributed by atoms with van der Waals surface area (Å²) in [6, 6.07) is 4.68. The molecule has 4 aromatic rings. The first kappa shape index (κ1) is 22.2. The van der Waals surface area contributed by atoms with Crippen LogP contribution in [-0.2, 0) is 12.7 Å². The third-order valence-electron chi connectivity index (χ3n) is 4.42. The van der Waals surface area contributed by atoms with Crippen molar-refractivity contribution in [3.63, 3.8) is 0 Å². The van der Waals surface area contributed by atoms with Crippen LogP contribution >= 0.6 is 0 Å². The van der Waals surface area contributed by atoms with Crippen LogP contribution in [-0.4, -0.2) is 29.7 Å². The number of aromatic nitrogens is 6. The number of anilines is 1. The van der Waals surface area contributed by atoms with Gasteiger partial charge in [0.25, 0.3) is 11.8 Å². The number of nitrogens with zero attached hydrogens (tertiary/aromatic N) is 6. The Kier molecular flexibility index (Phi) is 5.98. The van der Waals surface area contributed by atoms with Crippen LogP contribution in [0.15, 0.2) is 53.6 Å². The van der Waals surface area contributed by atoms with Crippen molar-refractivity contribution in [1.29, 1.82) is 0 Å². The van der Waals surface area contributed by atoms with Crippen LogP contribution < -0.4 is 5.32 Å². The Labute approximate surface area is 181 Å². The fourth-order valence-corrected chi connectivity index (χ4v) is 2.85. The molecule has 14 heteroatoms. The monoisotopic (exact) mass is 469 g/mol. The summed E-state index contributed by atoms with van der Waals surface area (Å²) in [5, 5.41) is 9.67. The molecule has 172 valence electrons. The van der Waals surface area contributed by atoms with Crippen LogP contribution in [0, 0.1) is 5.82 Å². The van der Waals surface area contributed by atoms with Crippen LogP contribution in [0.4, 0.5) is 32.3 Å². The molecular weight excluding hydrogens is 456 g/mol. The predicted octanol–water partition coefficient (Wildman–Crippen LogP) is 4.67. The lowest BCUT2D eigenvalue weighted by Gasteiger charge is -2.20. The van der Waals surface area contributed by atoms with Crippen LogP contribution in [0.5, 0.6) is 0 Å². The van der Waals surface area contributed by atoms with Crippen molar-refractivity contribution in [2.45, 2.75) is 25.2 Å². The first-order chi connectivity index (χ1) is 15.7. The van der Waals surface area contributed by atoms with Crippen molar-refractivity contribution < 1.29 is 30.8 Å². The Bertz CT molecular complexity index is 1200. The molecule has 1 atom stereocenters. The molecule has 3 heterocycles. The van der Waals surface area contributed by atoms with Gasteiger partial charge in [0, 0.05) is 25.1 Å². The van der Waals surface area contributed by atoms with E-state index in [0.29, 0.717) is 5.56 Å². The van der Waals surface area contributed by atoms with Crippen LogP contribution in [0.3, 0.4) is 0 Å². The summed E-state index contributed by atoms with van der Waals surface area (Å²) < 4.78 is 83.2. The van der Waals surface area contributed by atoms with Crippen molar-refractivity contribution in [3.8, 4) is 11.5 Å². The molecule has 1 aromatic carbocycles. The minimum Gasteiger partial charge on any atom is -0.415 e. The lowest BCUT2D eigenvalue weighted by Crippen LogP contribution is -2.18. The molecule has 1 N–H and O–H groups in total. The number of halogens is 6. The number of rotatable bonds is 7. The fraction of sp³-hybridized carbons (Fsp3) is 0.211. The van der Waals surface area contributed by atoms with Gasteiger partial charge in [-0.3, -0.25) is 0 Å². The second-order valence-electron chi connectivity index (χ2n) is 6.74. The van der Waals surface area contributed by atoms with Gasteiger partial charge in [-0.2, -0.15) is 22.0 Å². The summed E-state index contributed by atoms with van der Waals surface area (Å²) in [5.41, 5.74) is -0.323. The molecule has 8 nitrogen and oxygen atoms in total. The highest BCUT2D eigenvalue weighted by atomic mass is 19.4. The van der Waals surface area contributed by atoms with Gasteiger partial charge in [0.2, 0.25) is 5.95 Å². The van der Waals surface area contributed by atoms with Crippen molar-refractivity contribution >= 4 is 5.95 Å². The summed E-state index contributed by atoms with van der Waals surface area (Å²) in [6.45, 7) is -0.0127. The number of imidazole rings is 1. The molecule has 0 spiro atoms. The summed E-state index contributed by atoms with van der Waals surface area (Å²) in [7, 11) is 0. The van der Waals surface area contributed by atoms with Gasteiger partial charge in [0.1, 0.15) is 5.82 Å². The van der Waals surface area contributed by atoms with Gasteiger partial charge in [0.05, 0.1) is 17.9 Å². The molecule has 0 fully saturated rings. The smallest absolute Gasteiger partial charge is 0.415 e. The summed E-state index contributed by atoms with van der Waals surface area (Å²) in [4.78, 5) is 11.5. The zero-order valence-electron chi connectivity index (χ0n) is 16.3. The Morgan fingerprint density at radius 2 is 1.70 bits per heavy atom. The van der Waals surface area contributed by atoms with E-state index in [1.54, 1.807) is 0 Å². The van der Waals surface area contributed by atoms with Gasteiger partial charge >= 0.3 is 12.6 Å². The van der Waals surface area contributed by atoms with Gasteiger partial charge in [-0.15, -0.1) is 10.2 Å². The highest BCUT2D eigenvalue weighted by molar-refractivity contribution is 5.50. The molecule has 0 aliphatic carbocycles. The number of alkyl halides is 5. The van der Waals surface area contributed by atoms with E-state index < -0.39 is 36.0 Å². The van der Waals surface area contributed by atoms with E-state index in [1.165, 1.54) is 41.2 Å². The van der Waals surface area contributed by atoms with E-state index >= 15 is 0 Å². The lowest BCUT2D eigenvalue weighted by atomic mass is 10.1. The summed E-state index contributed by atoms with van der Waals surface area (Å²) in [5.74, 6) is -1.46. The number of benzene rings is 1. The minimum absolute atomic E-state index is 0.0127. The second kappa shape index (κ2) is 8.88. The van der Waals surface area contributed by atoms with E-state index in [-0.39, 0.29) is 23.9 Å². The van der Waals surface area contributed by atoms with Crippen LogP contribution in [0.1, 0.15) is 29.6 Å². The third kappa shape index (κ3) is 5.27. The first-order valence-electron chi connectivity index (χ1n) is 9.24. The molecule has 0 radical (unpaired) electrons. The van der Waals surface area contributed by atoms with Gasteiger partial charge < -0.3 is 14.3 Å². The molecule has 3 aromatic heterocycles. The van der Waals surface area contributed by atoms with Crippen molar-refractivity contribution in [3.05, 3.63) is 72.1 Å². The minimum atomic E-state index is -4.60. The number of hydrogen-bond acceptors (Lipinski definition) is 7. The van der Waals surface area contributed by atoms with Gasteiger partial charge in [-0.1, -0.05) is 12.1 Å². The normalized spacial score (nSPS) is 12.8. The fourth-order valence-electron chi connectivity index (χ4n) is 2.85. The van der Waals surface area contributed by atoms with E-state index in [1.807, 2.05) is 0 Å².